The Morgan fingerprint density at radius 2 is 2.14 bits per heavy atom. The Morgan fingerprint density at radius 1 is 1.36 bits per heavy atom. The number of nitrogens with two attached hydrogens (primary N) is 2. The summed E-state index contributed by atoms with van der Waals surface area (Å²) < 4.78 is 5.63. The maximum absolute atomic E-state index is 11.1. The molecule has 1 aromatic carbocycles. The minimum Gasteiger partial charge on any atom is -0.493 e. The van der Waals surface area contributed by atoms with Crippen molar-refractivity contribution in [3.05, 3.63) is 29.8 Å². The maximum atomic E-state index is 11.1. The predicted octanol–water partition coefficient (Wildman–Crippen LogP) is 1.07. The van der Waals surface area contributed by atoms with Crippen LogP contribution in [0.4, 0.5) is 0 Å². The lowest BCUT2D eigenvalue weighted by atomic mass is 10.0. The number of fused-ring (bicyclic) bond motifs is 1. The van der Waals surface area contributed by atoms with Crippen LogP contribution in [-0.4, -0.2) is 25.0 Å². The van der Waals surface area contributed by atoms with Crippen molar-refractivity contribution in [2.45, 2.75) is 31.7 Å². The zero-order chi connectivity index (χ0) is 15.6. The summed E-state index contributed by atoms with van der Waals surface area (Å²) in [4.78, 5) is 15.5. The quantitative estimate of drug-likeness (QED) is 0.559. The number of carbonyl (C=O) groups is 1. The van der Waals surface area contributed by atoms with Crippen LogP contribution in [0.2, 0.25) is 0 Å². The van der Waals surface area contributed by atoms with Crippen molar-refractivity contribution in [1.82, 2.24) is 5.32 Å². The van der Waals surface area contributed by atoms with Crippen molar-refractivity contribution in [3.8, 4) is 5.75 Å². The number of primary amides is 1. The molecule has 0 saturated heterocycles. The Bertz CT molecular complexity index is 596. The first kappa shape index (κ1) is 14.7. The Balaban J connectivity index is 1.62. The van der Waals surface area contributed by atoms with E-state index in [9.17, 15) is 4.79 Å². The minimum atomic E-state index is -0.266. The monoisotopic (exact) mass is 302 g/mol. The lowest BCUT2D eigenvalue weighted by molar-refractivity contribution is -0.119. The number of rotatable bonds is 5. The molecule has 0 spiro atoms. The number of nitrogens with zero attached hydrogens (tertiary/aromatic N) is 1. The topological polar surface area (TPSA) is 103 Å². The molecule has 0 bridgehead atoms. The molecular formula is C16H22N4O2. The summed E-state index contributed by atoms with van der Waals surface area (Å²) in [5, 5.41) is 3.26. The summed E-state index contributed by atoms with van der Waals surface area (Å²) in [6.45, 7) is 1.22. The number of hydrogen-bond acceptors (Lipinski definition) is 3. The number of benzene rings is 1. The molecule has 0 radical (unpaired) electrons. The fourth-order valence-corrected chi connectivity index (χ4v) is 2.91. The van der Waals surface area contributed by atoms with Gasteiger partial charge in [0.25, 0.3) is 0 Å². The molecule has 1 fully saturated rings. The summed E-state index contributed by atoms with van der Waals surface area (Å²) in [5.74, 6) is 1.04. The van der Waals surface area contributed by atoms with Crippen LogP contribution in [0.5, 0.6) is 5.75 Å². The number of carbonyl (C=O) groups excluding carboxylic acids is 1. The summed E-state index contributed by atoms with van der Waals surface area (Å²) in [6, 6.07) is 8.05. The number of hydrogen-bond donors (Lipinski definition) is 3. The van der Waals surface area contributed by atoms with Gasteiger partial charge >= 0.3 is 0 Å². The van der Waals surface area contributed by atoms with Gasteiger partial charge in [-0.2, -0.15) is 0 Å². The lowest BCUT2D eigenvalue weighted by Gasteiger charge is -2.27. The first-order valence-corrected chi connectivity index (χ1v) is 7.64. The Morgan fingerprint density at radius 3 is 2.86 bits per heavy atom. The van der Waals surface area contributed by atoms with Gasteiger partial charge in [0.15, 0.2) is 5.96 Å². The molecule has 1 saturated carbocycles. The number of guanidine groups is 1. The van der Waals surface area contributed by atoms with Crippen LogP contribution in [0, 0.1) is 5.41 Å². The van der Waals surface area contributed by atoms with Crippen LogP contribution in [0.1, 0.15) is 37.3 Å². The van der Waals surface area contributed by atoms with E-state index in [0.29, 0.717) is 25.5 Å². The Hall–Kier alpha value is -2.24. The number of ether oxygens (including phenoxy) is 1. The highest BCUT2D eigenvalue weighted by Crippen LogP contribution is 2.48. The van der Waals surface area contributed by atoms with Crippen LogP contribution in [-0.2, 0) is 4.79 Å². The van der Waals surface area contributed by atoms with Crippen LogP contribution in [0.15, 0.2) is 29.3 Å². The first-order valence-electron chi connectivity index (χ1n) is 7.64. The van der Waals surface area contributed by atoms with Crippen molar-refractivity contribution in [1.29, 1.82) is 0 Å². The van der Waals surface area contributed by atoms with Gasteiger partial charge in [-0.25, -0.2) is 0 Å². The van der Waals surface area contributed by atoms with Gasteiger partial charge in [0.2, 0.25) is 5.91 Å². The molecular weight excluding hydrogens is 280 g/mol. The highest BCUT2D eigenvalue weighted by Gasteiger charge is 2.43. The molecule has 1 unspecified atom stereocenters. The van der Waals surface area contributed by atoms with E-state index in [4.69, 9.17) is 16.2 Å². The summed E-state index contributed by atoms with van der Waals surface area (Å²) in [7, 11) is 0. The standard InChI is InChI=1S/C16H22N4O2/c17-14(21)9-16(6-7-16)10-19-15(18)20-12-5-8-22-13-4-2-1-3-11(12)13/h1-4,12H,5-10H2,(H2,17,21)(H3,18,19,20). The second-order valence-electron chi connectivity index (χ2n) is 6.22. The second-order valence-corrected chi connectivity index (χ2v) is 6.22. The highest BCUT2D eigenvalue weighted by molar-refractivity contribution is 5.79. The third kappa shape index (κ3) is 3.32. The van der Waals surface area contributed by atoms with Gasteiger partial charge in [-0.05, 0) is 24.3 Å². The first-order chi connectivity index (χ1) is 10.6. The number of aliphatic imine (C=N–C) groups is 1. The lowest BCUT2D eigenvalue weighted by Crippen LogP contribution is -2.37. The molecule has 118 valence electrons. The Labute approximate surface area is 129 Å². The smallest absolute Gasteiger partial charge is 0.218 e. The summed E-state index contributed by atoms with van der Waals surface area (Å²) in [6.07, 6.45) is 3.23. The molecule has 1 aliphatic carbocycles. The average molecular weight is 302 g/mol. The van der Waals surface area contributed by atoms with Crippen LogP contribution < -0.4 is 21.5 Å². The molecule has 6 nitrogen and oxygen atoms in total. The normalized spacial score (nSPS) is 22.4. The summed E-state index contributed by atoms with van der Waals surface area (Å²) >= 11 is 0. The zero-order valence-electron chi connectivity index (χ0n) is 12.5. The van der Waals surface area contributed by atoms with Crippen molar-refractivity contribution >= 4 is 11.9 Å². The molecule has 0 aromatic heterocycles. The van der Waals surface area contributed by atoms with E-state index in [-0.39, 0.29) is 17.4 Å². The third-order valence-electron chi connectivity index (χ3n) is 4.37. The Kier molecular flexibility index (Phi) is 3.92. The van der Waals surface area contributed by atoms with Gasteiger partial charge in [0.05, 0.1) is 12.6 Å². The van der Waals surface area contributed by atoms with Crippen LogP contribution >= 0.6 is 0 Å². The number of nitrogens with one attached hydrogen (secondary N) is 1. The van der Waals surface area contributed by atoms with E-state index in [0.717, 1.165) is 30.6 Å². The molecule has 3 rings (SSSR count). The van der Waals surface area contributed by atoms with Gasteiger partial charge in [-0.3, -0.25) is 9.79 Å². The van der Waals surface area contributed by atoms with Crippen molar-refractivity contribution in [2.24, 2.45) is 21.9 Å². The molecule has 6 heteroatoms. The fourth-order valence-electron chi connectivity index (χ4n) is 2.91. The average Bonchev–Trinajstić information content (AvgIpc) is 3.25. The largest absolute Gasteiger partial charge is 0.493 e. The maximum Gasteiger partial charge on any atom is 0.218 e. The minimum absolute atomic E-state index is 0.0499. The van der Waals surface area contributed by atoms with E-state index in [1.54, 1.807) is 0 Å². The van der Waals surface area contributed by atoms with Crippen molar-refractivity contribution in [3.63, 3.8) is 0 Å². The van der Waals surface area contributed by atoms with E-state index < -0.39 is 0 Å². The predicted molar refractivity (Wildman–Crippen MR) is 84.4 cm³/mol. The van der Waals surface area contributed by atoms with E-state index >= 15 is 0 Å². The number of para-hydroxylation sites is 1. The molecule has 1 atom stereocenters. The molecule has 2 aliphatic rings. The van der Waals surface area contributed by atoms with Crippen molar-refractivity contribution in [2.75, 3.05) is 13.2 Å². The second kappa shape index (κ2) is 5.87. The SMILES string of the molecule is NC(=O)CC1(CN=C(N)NC2CCOc3ccccc32)CC1. The van der Waals surface area contributed by atoms with Gasteiger partial charge in [-0.1, -0.05) is 18.2 Å². The van der Waals surface area contributed by atoms with Gasteiger partial charge in [0, 0.05) is 24.9 Å². The van der Waals surface area contributed by atoms with Gasteiger partial charge in [0.1, 0.15) is 5.75 Å². The van der Waals surface area contributed by atoms with E-state index in [2.05, 4.69) is 10.3 Å². The molecule has 22 heavy (non-hydrogen) atoms. The third-order valence-corrected chi connectivity index (χ3v) is 4.37. The van der Waals surface area contributed by atoms with Crippen molar-refractivity contribution < 1.29 is 9.53 Å². The molecule has 1 aromatic rings. The number of amides is 1. The van der Waals surface area contributed by atoms with Gasteiger partial charge < -0.3 is 21.5 Å². The van der Waals surface area contributed by atoms with E-state index in [1.807, 2.05) is 24.3 Å². The fraction of sp³-hybridized carbons (Fsp3) is 0.500. The molecule has 5 N–H and O–H groups in total. The van der Waals surface area contributed by atoms with Crippen LogP contribution in [0.25, 0.3) is 0 Å². The van der Waals surface area contributed by atoms with Crippen LogP contribution in [0.3, 0.4) is 0 Å². The highest BCUT2D eigenvalue weighted by atomic mass is 16.5. The zero-order valence-corrected chi connectivity index (χ0v) is 12.5. The molecule has 1 aliphatic heterocycles. The molecule has 1 amide bonds. The van der Waals surface area contributed by atoms with Gasteiger partial charge in [-0.15, -0.1) is 0 Å². The summed E-state index contributed by atoms with van der Waals surface area (Å²) in [5.41, 5.74) is 12.3. The molecule has 1 heterocycles. The van der Waals surface area contributed by atoms with E-state index in [1.165, 1.54) is 0 Å².